The van der Waals surface area contributed by atoms with Crippen LogP contribution in [0.4, 0.5) is 0 Å². The minimum absolute atomic E-state index is 0.0436. The monoisotopic (exact) mass is 640 g/mol. The zero-order valence-electron chi connectivity index (χ0n) is 26.5. The van der Waals surface area contributed by atoms with Crippen LogP contribution in [-0.2, 0) is 23.7 Å². The van der Waals surface area contributed by atoms with Crippen molar-refractivity contribution in [3.05, 3.63) is 11.6 Å². The third-order valence-electron chi connectivity index (χ3n) is 12.8. The minimum Gasteiger partial charge on any atom is -0.394 e. The standard InChI is InChI=1S/C33H52O12/c1-15(35)19-6-7-20-18-5-4-16-12-17(8-10-32(16,2)21(18)9-11-33(19,20)3)43-31-29(41)27(39)25(37)23(45-31)14-42-30-28(40)26(38)24(36)22(13-34)44-30/h4,17-31,34,36-41H,5-14H2,1-3H3/t17-,18+,19+,20+,21+,22+,23+,24+,25+,26-,27-,28+,29+,30-,31+,32-,33+/m0/s1. The first-order valence-corrected chi connectivity index (χ1v) is 16.8. The molecule has 2 heterocycles. The Kier molecular flexibility index (Phi) is 9.61. The lowest BCUT2D eigenvalue weighted by molar-refractivity contribution is -0.336. The summed E-state index contributed by atoms with van der Waals surface area (Å²) < 4.78 is 23.1. The molecule has 0 bridgehead atoms. The van der Waals surface area contributed by atoms with Crippen molar-refractivity contribution in [3.63, 3.8) is 0 Å². The largest absolute Gasteiger partial charge is 0.394 e. The molecule has 0 unspecified atom stereocenters. The van der Waals surface area contributed by atoms with Gasteiger partial charge >= 0.3 is 0 Å². The number of Topliss-reactive ketones (excluding diaryl/α,β-unsaturated/α-hetero) is 1. The number of allylic oxidation sites excluding steroid dienone is 1. The minimum atomic E-state index is -1.63. The van der Waals surface area contributed by atoms with Gasteiger partial charge in [-0.3, -0.25) is 4.79 Å². The third-order valence-corrected chi connectivity index (χ3v) is 12.8. The Morgan fingerprint density at radius 3 is 2.20 bits per heavy atom. The molecule has 0 spiro atoms. The zero-order chi connectivity index (χ0) is 32.4. The average Bonchev–Trinajstić information content (AvgIpc) is 3.38. The van der Waals surface area contributed by atoms with Crippen LogP contribution in [0.3, 0.4) is 0 Å². The second-order valence-electron chi connectivity index (χ2n) is 15.1. The maximum Gasteiger partial charge on any atom is 0.186 e. The first-order chi connectivity index (χ1) is 21.3. The quantitative estimate of drug-likeness (QED) is 0.187. The van der Waals surface area contributed by atoms with Crippen LogP contribution in [0.15, 0.2) is 11.6 Å². The van der Waals surface area contributed by atoms with E-state index >= 15 is 0 Å². The SMILES string of the molecule is CC(=O)[C@H]1CC[C@@H]2[C@H]3CC=C4C[C@@H](O[C@@H]5O[C@H](CO[C@H]6O[C@H](CO)[C@@H](O)[C@H](O)[C@H]6O)[C@@H](O)[C@H](O)[C@H]5O)CC[C@]4(C)[C@@H]3CC[C@]12C. The van der Waals surface area contributed by atoms with Crippen LogP contribution in [0.1, 0.15) is 72.1 Å². The average molecular weight is 641 g/mol. The van der Waals surface area contributed by atoms with Crippen LogP contribution in [-0.4, -0.2) is 122 Å². The first-order valence-electron chi connectivity index (χ1n) is 16.8. The Bertz CT molecular complexity index is 1120. The molecule has 6 aliphatic rings. The first kappa shape index (κ1) is 33.9. The van der Waals surface area contributed by atoms with Crippen molar-refractivity contribution in [1.29, 1.82) is 0 Å². The Balaban J connectivity index is 1.09. The van der Waals surface area contributed by atoms with Crippen molar-refractivity contribution >= 4 is 5.78 Å². The van der Waals surface area contributed by atoms with E-state index in [0.717, 1.165) is 44.9 Å². The molecule has 0 aromatic rings. The summed E-state index contributed by atoms with van der Waals surface area (Å²) in [6.07, 6.45) is -4.65. The van der Waals surface area contributed by atoms with E-state index in [1.54, 1.807) is 6.92 Å². The van der Waals surface area contributed by atoms with Crippen molar-refractivity contribution in [3.8, 4) is 0 Å². The lowest BCUT2D eigenvalue weighted by Gasteiger charge is -2.58. The molecule has 2 saturated heterocycles. The smallest absolute Gasteiger partial charge is 0.186 e. The van der Waals surface area contributed by atoms with Gasteiger partial charge in [-0.2, -0.15) is 0 Å². The molecule has 45 heavy (non-hydrogen) atoms. The van der Waals surface area contributed by atoms with Crippen LogP contribution in [0, 0.1) is 34.5 Å². The summed E-state index contributed by atoms with van der Waals surface area (Å²) in [5, 5.41) is 71.8. The molecule has 0 aromatic heterocycles. The molecular weight excluding hydrogens is 588 g/mol. The van der Waals surface area contributed by atoms with Gasteiger partial charge in [-0.05, 0) is 86.9 Å². The van der Waals surface area contributed by atoms with Gasteiger partial charge in [0.1, 0.15) is 54.6 Å². The van der Waals surface area contributed by atoms with Crippen molar-refractivity contribution in [2.45, 2.75) is 140 Å². The second kappa shape index (κ2) is 12.8. The predicted octanol–water partition coefficient (Wildman–Crippen LogP) is 0.164. The fourth-order valence-electron chi connectivity index (χ4n) is 10.2. The van der Waals surface area contributed by atoms with Gasteiger partial charge in [0.2, 0.25) is 0 Å². The summed E-state index contributed by atoms with van der Waals surface area (Å²) in [5.41, 5.74) is 1.50. The molecule has 3 saturated carbocycles. The topological polar surface area (TPSA) is 196 Å². The summed E-state index contributed by atoms with van der Waals surface area (Å²) in [7, 11) is 0. The second-order valence-corrected chi connectivity index (χ2v) is 15.1. The van der Waals surface area contributed by atoms with Crippen LogP contribution >= 0.6 is 0 Å². The van der Waals surface area contributed by atoms with E-state index in [-0.39, 0.29) is 22.9 Å². The van der Waals surface area contributed by atoms with E-state index < -0.39 is 74.6 Å². The van der Waals surface area contributed by atoms with E-state index in [4.69, 9.17) is 18.9 Å². The highest BCUT2D eigenvalue weighted by molar-refractivity contribution is 5.79. The van der Waals surface area contributed by atoms with Gasteiger partial charge in [0, 0.05) is 5.92 Å². The Morgan fingerprint density at radius 1 is 0.844 bits per heavy atom. The lowest BCUT2D eigenvalue weighted by atomic mass is 9.47. The summed E-state index contributed by atoms with van der Waals surface area (Å²) in [4.78, 5) is 12.5. The Labute approximate surface area is 264 Å². The van der Waals surface area contributed by atoms with Gasteiger partial charge in [-0.1, -0.05) is 25.5 Å². The van der Waals surface area contributed by atoms with Gasteiger partial charge in [0.25, 0.3) is 0 Å². The summed E-state index contributed by atoms with van der Waals surface area (Å²) in [6, 6.07) is 0. The highest BCUT2D eigenvalue weighted by Crippen LogP contribution is 2.66. The number of aliphatic hydroxyl groups excluding tert-OH is 7. The molecule has 7 N–H and O–H groups in total. The van der Waals surface area contributed by atoms with Gasteiger partial charge in [0.05, 0.1) is 19.3 Å². The van der Waals surface area contributed by atoms with Crippen LogP contribution < -0.4 is 0 Å². The molecule has 4 aliphatic carbocycles. The molecule has 12 heteroatoms. The number of fused-ring (bicyclic) bond motifs is 5. The number of carbonyl (C=O) groups excluding carboxylic acids is 1. The maximum atomic E-state index is 12.5. The number of carbonyl (C=O) groups is 1. The summed E-state index contributed by atoms with van der Waals surface area (Å²) >= 11 is 0. The van der Waals surface area contributed by atoms with Crippen LogP contribution in [0.5, 0.6) is 0 Å². The van der Waals surface area contributed by atoms with Crippen molar-refractivity contribution in [1.82, 2.24) is 0 Å². The molecule has 12 nitrogen and oxygen atoms in total. The third kappa shape index (κ3) is 5.75. The van der Waals surface area contributed by atoms with Crippen LogP contribution in [0.25, 0.3) is 0 Å². The normalized spacial score (nSPS) is 53.2. The van der Waals surface area contributed by atoms with Gasteiger partial charge in [0.15, 0.2) is 12.6 Å². The van der Waals surface area contributed by atoms with E-state index in [1.807, 2.05) is 0 Å². The van der Waals surface area contributed by atoms with Gasteiger partial charge in [-0.25, -0.2) is 0 Å². The van der Waals surface area contributed by atoms with Crippen molar-refractivity contribution in [2.75, 3.05) is 13.2 Å². The molecular formula is C33H52O12. The van der Waals surface area contributed by atoms with E-state index in [0.29, 0.717) is 30.0 Å². The van der Waals surface area contributed by atoms with Crippen molar-refractivity contribution in [2.24, 2.45) is 34.5 Å². The zero-order valence-corrected chi connectivity index (χ0v) is 26.5. The van der Waals surface area contributed by atoms with Crippen LogP contribution in [0.2, 0.25) is 0 Å². The van der Waals surface area contributed by atoms with E-state index in [9.17, 15) is 40.5 Å². The Morgan fingerprint density at radius 2 is 1.51 bits per heavy atom. The van der Waals surface area contributed by atoms with Gasteiger partial charge < -0.3 is 54.7 Å². The van der Waals surface area contributed by atoms with E-state index in [1.165, 1.54) is 5.57 Å². The fourth-order valence-corrected chi connectivity index (χ4v) is 10.2. The molecule has 0 radical (unpaired) electrons. The number of hydrogen-bond acceptors (Lipinski definition) is 12. The maximum absolute atomic E-state index is 12.5. The number of aliphatic hydroxyl groups is 7. The molecule has 0 amide bonds. The molecule has 0 aromatic carbocycles. The highest BCUT2D eigenvalue weighted by Gasteiger charge is 2.59. The molecule has 17 atom stereocenters. The lowest BCUT2D eigenvalue weighted by Crippen LogP contribution is -2.62. The molecule has 2 aliphatic heterocycles. The number of ketones is 1. The molecule has 256 valence electrons. The number of ether oxygens (including phenoxy) is 4. The number of hydrogen-bond donors (Lipinski definition) is 7. The van der Waals surface area contributed by atoms with Gasteiger partial charge in [-0.15, -0.1) is 0 Å². The van der Waals surface area contributed by atoms with E-state index in [2.05, 4.69) is 19.9 Å². The summed E-state index contributed by atoms with van der Waals surface area (Å²) in [5.74, 6) is 2.20. The predicted molar refractivity (Wildman–Crippen MR) is 157 cm³/mol. The van der Waals surface area contributed by atoms with Crippen molar-refractivity contribution < 1.29 is 59.5 Å². The number of rotatable bonds is 7. The molecule has 5 fully saturated rings. The molecule has 6 rings (SSSR count). The highest BCUT2D eigenvalue weighted by atomic mass is 16.7. The Hall–Kier alpha value is -1.03. The fraction of sp³-hybridized carbons (Fsp3) is 0.909. The summed E-state index contributed by atoms with van der Waals surface area (Å²) in [6.45, 7) is 5.47.